The molecule has 1 aromatic heterocycles. The molecule has 2 saturated heterocycles. The average Bonchev–Trinajstić information content (AvgIpc) is 3.33. The molecule has 0 aromatic carbocycles. The summed E-state index contributed by atoms with van der Waals surface area (Å²) in [7, 11) is 0. The molecule has 0 atom stereocenters. The van der Waals surface area contributed by atoms with Crippen LogP contribution in [0, 0.1) is 0 Å². The molecule has 3 aliphatic rings. The summed E-state index contributed by atoms with van der Waals surface area (Å²) in [6.07, 6.45) is 7.26. The molecule has 3 aliphatic heterocycles. The predicted molar refractivity (Wildman–Crippen MR) is 85.4 cm³/mol. The molecule has 0 radical (unpaired) electrons. The molecule has 0 saturated carbocycles. The lowest BCUT2D eigenvalue weighted by atomic mass is 10.1. The molecular formula is C17H24N4O2. The van der Waals surface area contributed by atoms with E-state index in [4.69, 9.17) is 0 Å². The maximum absolute atomic E-state index is 12.8. The van der Waals surface area contributed by atoms with Gasteiger partial charge in [0.05, 0.1) is 5.69 Å². The number of fused-ring (bicyclic) bond motifs is 1. The highest BCUT2D eigenvalue weighted by molar-refractivity contribution is 5.97. The Morgan fingerprint density at radius 2 is 1.30 bits per heavy atom. The van der Waals surface area contributed by atoms with Gasteiger partial charge in [-0.1, -0.05) is 0 Å². The molecule has 4 rings (SSSR count). The maximum atomic E-state index is 12.8. The molecule has 2 fully saturated rings. The smallest absolute Gasteiger partial charge is 0.289 e. The number of carbonyl (C=O) groups excluding carboxylic acids is 2. The molecule has 23 heavy (non-hydrogen) atoms. The van der Waals surface area contributed by atoms with Gasteiger partial charge in [-0.05, 0) is 44.9 Å². The Morgan fingerprint density at radius 3 is 1.96 bits per heavy atom. The fourth-order valence-electron chi connectivity index (χ4n) is 4.01. The molecular weight excluding hydrogens is 292 g/mol. The van der Waals surface area contributed by atoms with Crippen molar-refractivity contribution in [3.63, 3.8) is 0 Å². The third-order valence-corrected chi connectivity index (χ3v) is 5.30. The van der Waals surface area contributed by atoms with Crippen molar-refractivity contribution >= 4 is 11.8 Å². The van der Waals surface area contributed by atoms with Crippen molar-refractivity contribution in [2.45, 2.75) is 51.5 Å². The molecule has 1 aromatic rings. The highest BCUT2D eigenvalue weighted by Gasteiger charge is 2.32. The molecule has 0 spiro atoms. The van der Waals surface area contributed by atoms with Crippen LogP contribution < -0.4 is 0 Å². The lowest BCUT2D eigenvalue weighted by Gasteiger charge is -2.20. The van der Waals surface area contributed by atoms with Crippen molar-refractivity contribution in [1.82, 2.24) is 19.4 Å². The summed E-state index contributed by atoms with van der Waals surface area (Å²) in [4.78, 5) is 33.9. The average molecular weight is 316 g/mol. The van der Waals surface area contributed by atoms with Gasteiger partial charge < -0.3 is 14.4 Å². The largest absolute Gasteiger partial charge is 0.337 e. The molecule has 0 aliphatic carbocycles. The van der Waals surface area contributed by atoms with Gasteiger partial charge in [-0.25, -0.2) is 4.98 Å². The third kappa shape index (κ3) is 2.54. The lowest BCUT2D eigenvalue weighted by Crippen LogP contribution is -2.31. The van der Waals surface area contributed by atoms with E-state index in [1.165, 1.54) is 0 Å². The fraction of sp³-hybridized carbons (Fsp3) is 0.706. The minimum Gasteiger partial charge on any atom is -0.337 e. The number of hydrogen-bond donors (Lipinski definition) is 0. The van der Waals surface area contributed by atoms with Gasteiger partial charge in [-0.3, -0.25) is 9.59 Å². The summed E-state index contributed by atoms with van der Waals surface area (Å²) in [5.74, 6) is 0.517. The van der Waals surface area contributed by atoms with Crippen LogP contribution in [0.1, 0.15) is 65.3 Å². The number of imidazole rings is 1. The number of likely N-dealkylation sites (tertiary alicyclic amines) is 2. The topological polar surface area (TPSA) is 58.4 Å². The number of carbonyl (C=O) groups is 2. The van der Waals surface area contributed by atoms with Gasteiger partial charge in [0.2, 0.25) is 0 Å². The minimum atomic E-state index is 0.00567. The summed E-state index contributed by atoms with van der Waals surface area (Å²) in [5.41, 5.74) is 1.52. The van der Waals surface area contributed by atoms with Crippen LogP contribution in [0.5, 0.6) is 0 Å². The summed E-state index contributed by atoms with van der Waals surface area (Å²) >= 11 is 0. The normalized spacial score (nSPS) is 20.9. The Kier molecular flexibility index (Phi) is 3.83. The predicted octanol–water partition coefficient (Wildman–Crippen LogP) is 1.69. The van der Waals surface area contributed by atoms with E-state index in [9.17, 15) is 9.59 Å². The Balaban J connectivity index is 1.69. The molecule has 6 heteroatoms. The highest BCUT2D eigenvalue weighted by Crippen LogP contribution is 2.25. The Labute approximate surface area is 136 Å². The number of rotatable bonds is 2. The molecule has 2 amide bonds. The first-order chi connectivity index (χ1) is 11.3. The number of aromatic nitrogens is 2. The van der Waals surface area contributed by atoms with E-state index in [2.05, 4.69) is 4.98 Å². The second-order valence-corrected chi connectivity index (χ2v) is 6.84. The molecule has 4 heterocycles. The van der Waals surface area contributed by atoms with Crippen LogP contribution in [0.25, 0.3) is 0 Å². The summed E-state index contributed by atoms with van der Waals surface area (Å²) in [6.45, 7) is 4.08. The van der Waals surface area contributed by atoms with Crippen molar-refractivity contribution in [2.75, 3.05) is 26.2 Å². The maximum Gasteiger partial charge on any atom is 0.289 e. The first-order valence-electron chi connectivity index (χ1n) is 8.93. The van der Waals surface area contributed by atoms with Crippen molar-refractivity contribution in [1.29, 1.82) is 0 Å². The zero-order chi connectivity index (χ0) is 15.8. The monoisotopic (exact) mass is 316 g/mol. The third-order valence-electron chi connectivity index (χ3n) is 5.30. The standard InChI is InChI=1S/C17H24N4O2/c22-16(19-8-3-4-9-19)14-13-7-1-2-12-21(13)15(18-14)17(23)20-10-5-6-11-20/h1-12H2. The van der Waals surface area contributed by atoms with E-state index in [0.29, 0.717) is 11.5 Å². The van der Waals surface area contributed by atoms with Gasteiger partial charge in [0.25, 0.3) is 11.8 Å². The van der Waals surface area contributed by atoms with Crippen LogP contribution in [0.15, 0.2) is 0 Å². The van der Waals surface area contributed by atoms with E-state index >= 15 is 0 Å². The second-order valence-electron chi connectivity index (χ2n) is 6.84. The van der Waals surface area contributed by atoms with Gasteiger partial charge in [0.1, 0.15) is 5.69 Å². The fourth-order valence-corrected chi connectivity index (χ4v) is 4.01. The molecule has 6 nitrogen and oxygen atoms in total. The highest BCUT2D eigenvalue weighted by atomic mass is 16.2. The van der Waals surface area contributed by atoms with Crippen molar-refractivity contribution < 1.29 is 9.59 Å². The Bertz CT molecular complexity index is 572. The van der Waals surface area contributed by atoms with Gasteiger partial charge in [0.15, 0.2) is 5.82 Å². The minimum absolute atomic E-state index is 0.00567. The van der Waals surface area contributed by atoms with Crippen LogP contribution in [0.4, 0.5) is 0 Å². The lowest BCUT2D eigenvalue weighted by molar-refractivity contribution is 0.0774. The quantitative estimate of drug-likeness (QED) is 0.834. The summed E-state index contributed by atoms with van der Waals surface area (Å²) in [6, 6.07) is 0. The van der Waals surface area contributed by atoms with Crippen LogP contribution >= 0.6 is 0 Å². The molecule has 0 bridgehead atoms. The van der Waals surface area contributed by atoms with Crippen LogP contribution in [0.2, 0.25) is 0 Å². The first kappa shape index (κ1) is 14.7. The SMILES string of the molecule is O=C(c1nc(C(=O)N2CCCC2)n2c1CCCC2)N1CCCC1. The first-order valence-corrected chi connectivity index (χ1v) is 8.93. The van der Waals surface area contributed by atoms with Crippen molar-refractivity contribution in [2.24, 2.45) is 0 Å². The van der Waals surface area contributed by atoms with Gasteiger partial charge in [0, 0.05) is 32.7 Å². The van der Waals surface area contributed by atoms with E-state index in [1.807, 2.05) is 14.4 Å². The van der Waals surface area contributed by atoms with E-state index < -0.39 is 0 Å². The number of nitrogens with zero attached hydrogens (tertiary/aromatic N) is 4. The second kappa shape index (κ2) is 5.98. The zero-order valence-electron chi connectivity index (χ0n) is 13.6. The number of hydrogen-bond acceptors (Lipinski definition) is 3. The summed E-state index contributed by atoms with van der Waals surface area (Å²) < 4.78 is 2.02. The number of amides is 2. The van der Waals surface area contributed by atoms with E-state index in [0.717, 1.165) is 83.4 Å². The zero-order valence-corrected chi connectivity index (χ0v) is 13.6. The molecule has 0 unspecified atom stereocenters. The van der Waals surface area contributed by atoms with Gasteiger partial charge >= 0.3 is 0 Å². The van der Waals surface area contributed by atoms with Gasteiger partial charge in [-0.2, -0.15) is 0 Å². The Morgan fingerprint density at radius 1 is 0.739 bits per heavy atom. The molecule has 0 N–H and O–H groups in total. The summed E-state index contributed by atoms with van der Waals surface area (Å²) in [5, 5.41) is 0. The Hall–Kier alpha value is -1.85. The van der Waals surface area contributed by atoms with E-state index in [-0.39, 0.29) is 11.8 Å². The van der Waals surface area contributed by atoms with E-state index in [1.54, 1.807) is 0 Å². The van der Waals surface area contributed by atoms with Crippen molar-refractivity contribution in [3.8, 4) is 0 Å². The van der Waals surface area contributed by atoms with Crippen molar-refractivity contribution in [3.05, 3.63) is 17.2 Å². The molecule has 124 valence electrons. The van der Waals surface area contributed by atoms with Crippen LogP contribution in [-0.4, -0.2) is 57.3 Å². The van der Waals surface area contributed by atoms with Crippen LogP contribution in [-0.2, 0) is 13.0 Å². The van der Waals surface area contributed by atoms with Crippen LogP contribution in [0.3, 0.4) is 0 Å². The van der Waals surface area contributed by atoms with Gasteiger partial charge in [-0.15, -0.1) is 0 Å².